The van der Waals surface area contributed by atoms with Crippen LogP contribution in [0.3, 0.4) is 0 Å². The van der Waals surface area contributed by atoms with Crippen molar-refractivity contribution in [3.8, 4) is 0 Å². The third kappa shape index (κ3) is 3.67. The lowest BCUT2D eigenvalue weighted by molar-refractivity contribution is 0.0153. The first-order chi connectivity index (χ1) is 13.1. The molecule has 1 aliphatic rings. The molecule has 0 spiro atoms. The fourth-order valence-electron chi connectivity index (χ4n) is 3.54. The summed E-state index contributed by atoms with van der Waals surface area (Å²) in [4.78, 5) is 4.38. The fraction of sp³-hybridized carbons (Fsp3) is 0.286. The zero-order valence-electron chi connectivity index (χ0n) is 15.5. The Hall–Kier alpha value is -2.83. The Morgan fingerprint density at radius 1 is 1.11 bits per heavy atom. The summed E-state index contributed by atoms with van der Waals surface area (Å²) >= 11 is 0. The molecule has 0 radical (unpaired) electrons. The minimum atomic E-state index is -0.386. The number of nitrogens with zero attached hydrogens (tertiary/aromatic N) is 3. The average molecular weight is 363 g/mol. The maximum absolute atomic E-state index is 9.69. The number of hydrogen-bond donors (Lipinski definition) is 3. The van der Waals surface area contributed by atoms with Crippen LogP contribution in [0, 0.1) is 0 Å². The maximum atomic E-state index is 9.69. The summed E-state index contributed by atoms with van der Waals surface area (Å²) in [6, 6.07) is 14.3. The molecule has 1 unspecified atom stereocenters. The quantitative estimate of drug-likeness (QED) is 0.621. The van der Waals surface area contributed by atoms with E-state index >= 15 is 0 Å². The van der Waals surface area contributed by atoms with Crippen molar-refractivity contribution in [2.75, 3.05) is 36.8 Å². The fourth-order valence-corrected chi connectivity index (χ4v) is 3.54. The van der Waals surface area contributed by atoms with Gasteiger partial charge in [0.15, 0.2) is 0 Å². The molecule has 1 aromatic heterocycles. The Morgan fingerprint density at radius 2 is 1.89 bits per heavy atom. The van der Waals surface area contributed by atoms with Gasteiger partial charge in [-0.25, -0.2) is 0 Å². The Kier molecular flexibility index (Phi) is 4.83. The Morgan fingerprint density at radius 3 is 2.63 bits per heavy atom. The van der Waals surface area contributed by atoms with Gasteiger partial charge in [-0.05, 0) is 36.8 Å². The summed E-state index contributed by atoms with van der Waals surface area (Å²) in [6.07, 6.45) is 3.61. The first kappa shape index (κ1) is 17.6. The number of rotatable bonds is 4. The summed E-state index contributed by atoms with van der Waals surface area (Å²) in [7, 11) is 0. The van der Waals surface area contributed by atoms with E-state index in [1.807, 2.05) is 43.3 Å². The van der Waals surface area contributed by atoms with Crippen LogP contribution in [0.2, 0.25) is 0 Å². The van der Waals surface area contributed by atoms with E-state index in [2.05, 4.69) is 38.2 Å². The van der Waals surface area contributed by atoms with Crippen LogP contribution in [-0.2, 0) is 0 Å². The Bertz CT molecular complexity index is 954. The molecule has 1 fully saturated rings. The first-order valence-corrected chi connectivity index (χ1v) is 9.29. The molecular weight excluding hydrogens is 338 g/mol. The highest BCUT2D eigenvalue weighted by Crippen LogP contribution is 2.25. The third-order valence-electron chi connectivity index (χ3n) is 5.20. The molecule has 27 heavy (non-hydrogen) atoms. The number of aliphatic hydroxyl groups excluding tert-OH is 1. The Balaban J connectivity index is 1.49. The van der Waals surface area contributed by atoms with E-state index in [-0.39, 0.29) is 6.23 Å². The second-order valence-electron chi connectivity index (χ2n) is 6.96. The molecule has 140 valence electrons. The molecule has 0 saturated carbocycles. The number of nitrogens with one attached hydrogen (secondary N) is 1. The van der Waals surface area contributed by atoms with Crippen LogP contribution in [0.25, 0.3) is 23.1 Å². The summed E-state index contributed by atoms with van der Waals surface area (Å²) in [6.45, 7) is 5.30. The lowest BCUT2D eigenvalue weighted by Crippen LogP contribution is -2.49. The Labute approximate surface area is 158 Å². The van der Waals surface area contributed by atoms with E-state index < -0.39 is 0 Å². The minimum absolute atomic E-state index is 0.386. The second-order valence-corrected chi connectivity index (χ2v) is 6.96. The van der Waals surface area contributed by atoms with Crippen molar-refractivity contribution >= 4 is 34.4 Å². The van der Waals surface area contributed by atoms with Gasteiger partial charge in [0.1, 0.15) is 6.23 Å². The number of benzene rings is 2. The van der Waals surface area contributed by atoms with E-state index in [1.165, 1.54) is 0 Å². The van der Waals surface area contributed by atoms with Crippen LogP contribution in [0.5, 0.6) is 0 Å². The van der Waals surface area contributed by atoms with Crippen molar-refractivity contribution in [2.45, 2.75) is 13.2 Å². The molecule has 0 bridgehead atoms. The number of aromatic nitrogens is 2. The number of H-pyrrole nitrogens is 1. The van der Waals surface area contributed by atoms with Gasteiger partial charge >= 0.3 is 0 Å². The number of nitrogens with two attached hydrogens (primary N) is 1. The molecule has 2 aromatic carbocycles. The van der Waals surface area contributed by atoms with Crippen LogP contribution in [0.1, 0.15) is 18.2 Å². The number of nitrogen functional groups attached to an aromatic ring is 1. The van der Waals surface area contributed by atoms with E-state index in [4.69, 9.17) is 5.73 Å². The van der Waals surface area contributed by atoms with Crippen LogP contribution >= 0.6 is 0 Å². The molecule has 6 nitrogen and oxygen atoms in total. The maximum Gasteiger partial charge on any atom is 0.104 e. The van der Waals surface area contributed by atoms with Gasteiger partial charge in [-0.1, -0.05) is 30.3 Å². The normalized spacial score (nSPS) is 17.0. The highest BCUT2D eigenvalue weighted by molar-refractivity contribution is 5.90. The van der Waals surface area contributed by atoms with Crippen LogP contribution in [0.15, 0.2) is 42.5 Å². The lowest BCUT2D eigenvalue weighted by Gasteiger charge is -2.37. The summed E-state index contributed by atoms with van der Waals surface area (Å²) in [5.74, 6) is 0. The van der Waals surface area contributed by atoms with Gasteiger partial charge in [0, 0.05) is 42.9 Å². The van der Waals surface area contributed by atoms with Crippen molar-refractivity contribution in [2.24, 2.45) is 0 Å². The second kappa shape index (κ2) is 7.42. The number of fused-ring (bicyclic) bond motifs is 1. The van der Waals surface area contributed by atoms with Crippen LogP contribution < -0.4 is 10.6 Å². The van der Waals surface area contributed by atoms with E-state index in [1.54, 1.807) is 0 Å². The molecule has 1 saturated heterocycles. The molecule has 6 heteroatoms. The van der Waals surface area contributed by atoms with Crippen LogP contribution in [-0.4, -0.2) is 52.6 Å². The van der Waals surface area contributed by atoms with E-state index in [0.29, 0.717) is 0 Å². The lowest BCUT2D eigenvalue weighted by atomic mass is 10.1. The molecule has 4 rings (SSSR count). The smallest absolute Gasteiger partial charge is 0.104 e. The van der Waals surface area contributed by atoms with Gasteiger partial charge in [-0.3, -0.25) is 10.00 Å². The zero-order chi connectivity index (χ0) is 18.8. The van der Waals surface area contributed by atoms with E-state index in [9.17, 15) is 5.11 Å². The topological polar surface area (TPSA) is 81.4 Å². The highest BCUT2D eigenvalue weighted by Gasteiger charge is 2.20. The van der Waals surface area contributed by atoms with Crippen molar-refractivity contribution in [1.82, 2.24) is 15.1 Å². The number of para-hydroxylation sites is 1. The summed E-state index contributed by atoms with van der Waals surface area (Å²) < 4.78 is 0. The number of aromatic amines is 1. The molecule has 2 heterocycles. The van der Waals surface area contributed by atoms with Crippen molar-refractivity contribution in [3.05, 3.63) is 53.7 Å². The molecule has 3 aromatic rings. The van der Waals surface area contributed by atoms with Gasteiger partial charge in [0.2, 0.25) is 0 Å². The van der Waals surface area contributed by atoms with Gasteiger partial charge in [0.25, 0.3) is 0 Å². The minimum Gasteiger partial charge on any atom is -0.398 e. The zero-order valence-corrected chi connectivity index (χ0v) is 15.5. The third-order valence-corrected chi connectivity index (χ3v) is 5.20. The molecular formula is C21H25N5O. The number of aliphatic hydroxyl groups is 1. The predicted octanol–water partition coefficient (Wildman–Crippen LogP) is 2.78. The molecule has 4 N–H and O–H groups in total. The molecule has 1 atom stereocenters. The number of hydrogen-bond acceptors (Lipinski definition) is 5. The summed E-state index contributed by atoms with van der Waals surface area (Å²) in [5, 5.41) is 18.2. The van der Waals surface area contributed by atoms with Crippen molar-refractivity contribution in [3.63, 3.8) is 0 Å². The predicted molar refractivity (Wildman–Crippen MR) is 111 cm³/mol. The van der Waals surface area contributed by atoms with Gasteiger partial charge in [-0.2, -0.15) is 5.10 Å². The average Bonchev–Trinajstić information content (AvgIpc) is 3.10. The first-order valence-electron chi connectivity index (χ1n) is 9.29. The number of piperazine rings is 1. The largest absolute Gasteiger partial charge is 0.398 e. The monoisotopic (exact) mass is 363 g/mol. The standard InChI is InChI=1S/C21H25N5O/c1-15(27)25-10-12-26(13-11-25)17-8-6-16(19(22)14-17)7-9-21-18-4-2-3-5-20(18)23-24-21/h2-9,14-15,27H,10-13,22H2,1H3,(H,23,24). The van der Waals surface area contributed by atoms with Gasteiger partial charge in [0.05, 0.1) is 11.2 Å². The van der Waals surface area contributed by atoms with E-state index in [0.717, 1.165) is 59.7 Å². The van der Waals surface area contributed by atoms with Gasteiger partial charge < -0.3 is 15.7 Å². The summed E-state index contributed by atoms with van der Waals surface area (Å²) in [5.41, 5.74) is 11.1. The highest BCUT2D eigenvalue weighted by atomic mass is 16.3. The molecule has 1 aliphatic heterocycles. The van der Waals surface area contributed by atoms with Crippen molar-refractivity contribution in [1.29, 1.82) is 0 Å². The number of anilines is 2. The van der Waals surface area contributed by atoms with Crippen LogP contribution in [0.4, 0.5) is 11.4 Å². The molecule has 0 amide bonds. The van der Waals surface area contributed by atoms with Crippen molar-refractivity contribution < 1.29 is 5.11 Å². The SMILES string of the molecule is CC(O)N1CCN(c2ccc(C=Cc3n[nH]c4ccccc34)c(N)c2)CC1. The molecule has 0 aliphatic carbocycles. The van der Waals surface area contributed by atoms with Gasteiger partial charge in [-0.15, -0.1) is 0 Å².